The minimum absolute atomic E-state index is 0.247. The van der Waals surface area contributed by atoms with Crippen LogP contribution in [0.15, 0.2) is 117 Å². The van der Waals surface area contributed by atoms with Crippen LogP contribution >= 0.6 is 0 Å². The Morgan fingerprint density at radius 1 is 0.425 bits per heavy atom. The van der Waals surface area contributed by atoms with E-state index < -0.39 is 0 Å². The molecule has 0 aromatic heterocycles. The van der Waals surface area contributed by atoms with Crippen molar-refractivity contribution in [2.45, 2.75) is 24.7 Å². The molecular weight excluding hydrogens is 496 g/mol. The topological polar surface area (TPSA) is 80.0 Å². The van der Waals surface area contributed by atoms with Gasteiger partial charge in [-0.25, -0.2) is 30.0 Å². The molecule has 6 aliphatic heterocycles. The van der Waals surface area contributed by atoms with E-state index in [0.29, 0.717) is 0 Å². The first-order valence-electron chi connectivity index (χ1n) is 13.6. The molecule has 4 bridgehead atoms. The van der Waals surface area contributed by atoms with Gasteiger partial charge in [-0.05, 0) is 0 Å². The van der Waals surface area contributed by atoms with Crippen molar-refractivity contribution in [2.75, 3.05) is 0 Å². The second-order valence-corrected chi connectivity index (χ2v) is 10.7. The zero-order valence-electron chi connectivity index (χ0n) is 21.2. The molecule has 6 heterocycles. The van der Waals surface area contributed by atoms with Crippen LogP contribution in [0.1, 0.15) is 69.2 Å². The molecule has 2 N–H and O–H groups in total. The number of nitrogens with one attached hydrogen (secondary N) is 2. The highest BCUT2D eigenvalue weighted by molar-refractivity contribution is 6.12. The second-order valence-electron chi connectivity index (χ2n) is 10.7. The van der Waals surface area contributed by atoms with Crippen molar-refractivity contribution in [3.63, 3.8) is 0 Å². The summed E-state index contributed by atoms with van der Waals surface area (Å²) < 4.78 is 0. The Balaban J connectivity index is 1.33. The molecule has 0 aliphatic carbocycles. The molecule has 4 unspecified atom stereocenters. The number of hydrogen-bond acceptors (Lipinski definition) is 8. The Morgan fingerprint density at radius 2 is 0.800 bits per heavy atom. The average molecular weight is 519 g/mol. The maximum atomic E-state index is 5.42. The second kappa shape index (κ2) is 7.24. The van der Waals surface area contributed by atoms with E-state index in [0.717, 1.165) is 67.9 Å². The largest absolute Gasteiger partial charge is 0.344 e. The van der Waals surface area contributed by atoms with Gasteiger partial charge in [-0.3, -0.25) is 0 Å². The number of amidine groups is 4. The molecule has 0 spiro atoms. The molecule has 0 amide bonds. The molecule has 4 aromatic rings. The quantitative estimate of drug-likeness (QED) is 0.358. The van der Waals surface area contributed by atoms with E-state index in [1.54, 1.807) is 0 Å². The Hall–Kier alpha value is -5.24. The Bertz CT molecular complexity index is 1780. The van der Waals surface area contributed by atoms with Gasteiger partial charge in [0.05, 0.1) is 0 Å². The van der Waals surface area contributed by atoms with Gasteiger partial charge in [0.2, 0.25) is 0 Å². The van der Waals surface area contributed by atoms with Crippen LogP contribution in [0, 0.1) is 0 Å². The third kappa shape index (κ3) is 2.51. The first-order chi connectivity index (χ1) is 19.8. The normalized spacial score (nSPS) is 30.6. The highest BCUT2D eigenvalue weighted by Crippen LogP contribution is 2.48. The van der Waals surface area contributed by atoms with E-state index in [2.05, 4.69) is 118 Å². The first kappa shape index (κ1) is 20.7. The standard InChI is InChI=1S/C32H22N8/c1-2-10-18-17(9-1)25-33-26(18)36-30-23-15-7-8-16-24(23)32-38-28-20-12-4-3-11-19(20)27(34-28)37-31-22-14-6-5-13-21(22)29(35-25)39(31)40(30)32/h1-16,25,28,30-31H,(H,33,36)(H,34,37)/b35-29-,38-32-. The van der Waals surface area contributed by atoms with Gasteiger partial charge < -0.3 is 10.6 Å². The van der Waals surface area contributed by atoms with E-state index in [-0.39, 0.29) is 24.7 Å². The molecule has 0 saturated carbocycles. The zero-order valence-corrected chi connectivity index (χ0v) is 21.2. The monoisotopic (exact) mass is 518 g/mol. The summed E-state index contributed by atoms with van der Waals surface area (Å²) in [6.07, 6.45) is -1.17. The van der Waals surface area contributed by atoms with E-state index in [1.165, 1.54) is 0 Å². The van der Waals surface area contributed by atoms with E-state index in [4.69, 9.17) is 20.0 Å². The number of nitrogens with zero attached hydrogens (tertiary/aromatic N) is 6. The number of aliphatic imine (C=N–C) groups is 4. The molecule has 0 saturated heterocycles. The summed E-state index contributed by atoms with van der Waals surface area (Å²) in [7, 11) is 0. The van der Waals surface area contributed by atoms with Gasteiger partial charge in [0, 0.05) is 44.5 Å². The van der Waals surface area contributed by atoms with Crippen LogP contribution in [0.2, 0.25) is 0 Å². The minimum Gasteiger partial charge on any atom is -0.344 e. The van der Waals surface area contributed by atoms with Crippen LogP contribution in [-0.4, -0.2) is 33.4 Å². The smallest absolute Gasteiger partial charge is 0.170 e. The molecule has 8 heteroatoms. The predicted octanol–water partition coefficient (Wildman–Crippen LogP) is 4.55. The van der Waals surface area contributed by atoms with Gasteiger partial charge in [0.25, 0.3) is 0 Å². The fourth-order valence-electron chi connectivity index (χ4n) is 6.92. The molecule has 0 radical (unpaired) electrons. The molecule has 10 rings (SSSR count). The lowest BCUT2D eigenvalue weighted by Crippen LogP contribution is -2.47. The van der Waals surface area contributed by atoms with Crippen LogP contribution in [0.4, 0.5) is 0 Å². The van der Waals surface area contributed by atoms with Gasteiger partial charge in [-0.2, -0.15) is 0 Å². The van der Waals surface area contributed by atoms with Gasteiger partial charge in [-0.15, -0.1) is 0 Å². The van der Waals surface area contributed by atoms with Crippen molar-refractivity contribution in [1.29, 1.82) is 0 Å². The lowest BCUT2D eigenvalue weighted by molar-refractivity contribution is 0.0602. The summed E-state index contributed by atoms with van der Waals surface area (Å²) in [5, 5.41) is 11.8. The third-order valence-electron chi connectivity index (χ3n) is 8.66. The van der Waals surface area contributed by atoms with Gasteiger partial charge in [0.15, 0.2) is 24.0 Å². The minimum atomic E-state index is -0.337. The zero-order chi connectivity index (χ0) is 25.9. The van der Waals surface area contributed by atoms with E-state index in [9.17, 15) is 0 Å². The molecule has 4 aromatic carbocycles. The SMILES string of the molecule is c1ccc2c(c1)/C1=N/C3c4ccccc4/C4=N/C5N/C(=N\C6c7ccccc7/C(=N/C2N1)N6N43)c1ccccc15. The number of benzene rings is 4. The van der Waals surface area contributed by atoms with Crippen LogP contribution in [-0.2, 0) is 0 Å². The fraction of sp³-hybridized carbons (Fsp3) is 0.125. The first-order valence-corrected chi connectivity index (χ1v) is 13.6. The number of rotatable bonds is 0. The van der Waals surface area contributed by atoms with E-state index in [1.807, 2.05) is 0 Å². The summed E-state index contributed by atoms with van der Waals surface area (Å²) in [5.41, 5.74) is 8.83. The van der Waals surface area contributed by atoms with Crippen molar-refractivity contribution in [2.24, 2.45) is 20.0 Å². The maximum Gasteiger partial charge on any atom is 0.170 e. The predicted molar refractivity (Wildman–Crippen MR) is 153 cm³/mol. The van der Waals surface area contributed by atoms with Crippen molar-refractivity contribution in [1.82, 2.24) is 20.7 Å². The average Bonchev–Trinajstić information content (AvgIpc) is 3.72. The molecular formula is C32H22N8. The van der Waals surface area contributed by atoms with Gasteiger partial charge in [-0.1, -0.05) is 97.1 Å². The molecule has 190 valence electrons. The van der Waals surface area contributed by atoms with Gasteiger partial charge >= 0.3 is 0 Å². The highest BCUT2D eigenvalue weighted by Gasteiger charge is 2.50. The van der Waals surface area contributed by atoms with Crippen LogP contribution in [0.25, 0.3) is 0 Å². The number of fused-ring (bicyclic) bond motifs is 16. The van der Waals surface area contributed by atoms with E-state index >= 15 is 0 Å². The fourth-order valence-corrected chi connectivity index (χ4v) is 6.92. The number of hydrogen-bond donors (Lipinski definition) is 2. The Labute approximate surface area is 230 Å². The summed E-state index contributed by atoms with van der Waals surface area (Å²) in [4.78, 5) is 21.7. The molecule has 40 heavy (non-hydrogen) atoms. The molecule has 0 fully saturated rings. The van der Waals surface area contributed by atoms with Crippen LogP contribution in [0.5, 0.6) is 0 Å². The van der Waals surface area contributed by atoms with Crippen molar-refractivity contribution >= 4 is 23.3 Å². The van der Waals surface area contributed by atoms with Crippen LogP contribution in [0.3, 0.4) is 0 Å². The van der Waals surface area contributed by atoms with Crippen molar-refractivity contribution < 1.29 is 0 Å². The summed E-state index contributed by atoms with van der Waals surface area (Å²) in [6, 6.07) is 33.8. The maximum absolute atomic E-state index is 5.42. The molecule has 6 aliphatic rings. The molecule has 8 nitrogen and oxygen atoms in total. The Morgan fingerprint density at radius 3 is 1.25 bits per heavy atom. The number of hydrazine groups is 1. The van der Waals surface area contributed by atoms with Crippen molar-refractivity contribution in [3.05, 3.63) is 142 Å². The summed E-state index contributed by atoms with van der Waals surface area (Å²) in [6.45, 7) is 0. The third-order valence-corrected chi connectivity index (χ3v) is 8.66. The molecule has 4 atom stereocenters. The summed E-state index contributed by atoms with van der Waals surface area (Å²) >= 11 is 0. The lowest BCUT2D eigenvalue weighted by Gasteiger charge is -2.37. The highest BCUT2D eigenvalue weighted by atomic mass is 15.7. The van der Waals surface area contributed by atoms with Crippen LogP contribution < -0.4 is 10.6 Å². The van der Waals surface area contributed by atoms with Crippen molar-refractivity contribution in [3.8, 4) is 0 Å². The lowest BCUT2D eigenvalue weighted by atomic mass is 10.1. The Kier molecular flexibility index (Phi) is 3.74. The van der Waals surface area contributed by atoms with Gasteiger partial charge in [0.1, 0.15) is 24.0 Å². The summed E-state index contributed by atoms with van der Waals surface area (Å²) in [5.74, 6) is 3.45.